The van der Waals surface area contributed by atoms with Crippen molar-refractivity contribution in [3.8, 4) is 5.75 Å². The van der Waals surface area contributed by atoms with Crippen molar-refractivity contribution in [1.82, 2.24) is 4.57 Å². The van der Waals surface area contributed by atoms with Crippen LogP contribution >= 0.6 is 11.3 Å². The van der Waals surface area contributed by atoms with Gasteiger partial charge in [-0.25, -0.2) is 4.99 Å². The number of fused-ring (bicyclic) bond motifs is 1. The van der Waals surface area contributed by atoms with E-state index in [0.29, 0.717) is 37.8 Å². The molecule has 1 N–H and O–H groups in total. The van der Waals surface area contributed by atoms with Gasteiger partial charge in [0.1, 0.15) is 11.5 Å². The van der Waals surface area contributed by atoms with Gasteiger partial charge in [-0.2, -0.15) is 0 Å². The molecule has 0 bridgehead atoms. The molecule has 8 nitrogen and oxygen atoms in total. The number of carbonyl (C=O) groups is 1. The van der Waals surface area contributed by atoms with Gasteiger partial charge < -0.3 is 19.4 Å². The molecule has 0 radical (unpaired) electrons. The van der Waals surface area contributed by atoms with E-state index >= 15 is 0 Å². The maximum Gasteiger partial charge on any atom is 0.271 e. The Kier molecular flexibility index (Phi) is 7.61. The van der Waals surface area contributed by atoms with Crippen molar-refractivity contribution in [3.05, 3.63) is 109 Å². The summed E-state index contributed by atoms with van der Waals surface area (Å²) in [6.07, 6.45) is 6.56. The number of ether oxygens (including phenoxy) is 1. The Balaban J connectivity index is 1.42. The Bertz CT molecular complexity index is 1760. The highest BCUT2D eigenvalue weighted by atomic mass is 32.1. The molecular weight excluding hydrogens is 536 g/mol. The average Bonchev–Trinajstić information content (AvgIpc) is 3.45. The maximum absolute atomic E-state index is 14.0. The fourth-order valence-corrected chi connectivity index (χ4v) is 6.47. The molecule has 0 saturated carbocycles. The normalized spacial score (nSPS) is 17.6. The lowest BCUT2D eigenvalue weighted by Gasteiger charge is -2.25. The van der Waals surface area contributed by atoms with Gasteiger partial charge in [0, 0.05) is 30.9 Å². The number of allylic oxidation sites excluding steroid dienone is 1. The molecule has 0 aliphatic carbocycles. The largest absolute Gasteiger partial charge is 0.497 e. The van der Waals surface area contributed by atoms with Crippen LogP contribution in [-0.2, 0) is 4.79 Å². The lowest BCUT2D eigenvalue weighted by atomic mass is 9.95. The summed E-state index contributed by atoms with van der Waals surface area (Å²) in [5, 5.41) is 2.98. The van der Waals surface area contributed by atoms with Gasteiger partial charge in [0.15, 0.2) is 10.7 Å². The second-order valence-corrected chi connectivity index (χ2v) is 11.3. The number of amides is 1. The molecule has 41 heavy (non-hydrogen) atoms. The van der Waals surface area contributed by atoms with Crippen LogP contribution in [0, 0.1) is 0 Å². The molecule has 2 aliphatic heterocycles. The zero-order valence-corrected chi connectivity index (χ0v) is 23.9. The standard InChI is InChI=1S/C32H32N4O4S/c1-21-28(30(37)34-23-10-6-5-7-11-23)29(22-12-14-24(39-2)15-13-22)36-31(38)26(41-32(36)33-21)20-25-16-17-27(40-25)35-18-8-3-4-9-19-35/h5-7,10-17,20,29H,3-4,8-9,18-19H2,1-2H3,(H,34,37)/b26-20+/t29-/m0/s1. The Morgan fingerprint density at radius 2 is 1.76 bits per heavy atom. The lowest BCUT2D eigenvalue weighted by molar-refractivity contribution is -0.113. The van der Waals surface area contributed by atoms with E-state index in [1.165, 1.54) is 24.2 Å². The summed E-state index contributed by atoms with van der Waals surface area (Å²) in [5.74, 6) is 1.84. The number of aromatic nitrogens is 1. The van der Waals surface area contributed by atoms with Crippen molar-refractivity contribution in [2.24, 2.45) is 4.99 Å². The zero-order valence-electron chi connectivity index (χ0n) is 23.1. The van der Waals surface area contributed by atoms with E-state index < -0.39 is 6.04 Å². The number of benzene rings is 2. The van der Waals surface area contributed by atoms with Gasteiger partial charge in [-0.1, -0.05) is 54.5 Å². The first-order valence-electron chi connectivity index (χ1n) is 13.9. The van der Waals surface area contributed by atoms with Gasteiger partial charge in [0.25, 0.3) is 11.5 Å². The van der Waals surface area contributed by atoms with Crippen LogP contribution in [0.1, 0.15) is 50.0 Å². The van der Waals surface area contributed by atoms with Crippen molar-refractivity contribution in [1.29, 1.82) is 0 Å². The number of furan rings is 1. The van der Waals surface area contributed by atoms with Crippen LogP contribution in [0.15, 0.2) is 92.2 Å². The summed E-state index contributed by atoms with van der Waals surface area (Å²) in [5.41, 5.74) is 2.21. The average molecular weight is 569 g/mol. The predicted molar refractivity (Wildman–Crippen MR) is 161 cm³/mol. The number of carbonyl (C=O) groups excluding carboxylic acids is 1. The van der Waals surface area contributed by atoms with Crippen molar-refractivity contribution in [2.45, 2.75) is 38.6 Å². The Labute approximate surface area is 241 Å². The van der Waals surface area contributed by atoms with Gasteiger partial charge in [-0.05, 0) is 55.7 Å². The number of anilines is 2. The Morgan fingerprint density at radius 3 is 2.46 bits per heavy atom. The highest BCUT2D eigenvalue weighted by molar-refractivity contribution is 7.07. The number of methoxy groups -OCH3 is 1. The summed E-state index contributed by atoms with van der Waals surface area (Å²) in [6.45, 7) is 3.77. The second-order valence-electron chi connectivity index (χ2n) is 10.3. The number of rotatable bonds is 6. The molecule has 9 heteroatoms. The molecule has 6 rings (SSSR count). The molecule has 1 amide bonds. The van der Waals surface area contributed by atoms with Gasteiger partial charge in [0.05, 0.1) is 29.0 Å². The van der Waals surface area contributed by atoms with Gasteiger partial charge in [-0.3, -0.25) is 14.2 Å². The van der Waals surface area contributed by atoms with Gasteiger partial charge in [0.2, 0.25) is 0 Å². The fourth-order valence-electron chi connectivity index (χ4n) is 5.44. The van der Waals surface area contributed by atoms with E-state index in [0.717, 1.165) is 37.4 Å². The summed E-state index contributed by atoms with van der Waals surface area (Å²) in [6, 6.07) is 19.9. The van der Waals surface area contributed by atoms with Crippen molar-refractivity contribution in [2.75, 3.05) is 30.4 Å². The van der Waals surface area contributed by atoms with E-state index in [-0.39, 0.29) is 11.5 Å². The number of para-hydroxylation sites is 1. The van der Waals surface area contributed by atoms with E-state index in [1.807, 2.05) is 73.7 Å². The highest BCUT2D eigenvalue weighted by Crippen LogP contribution is 2.32. The second kappa shape index (κ2) is 11.6. The van der Waals surface area contributed by atoms with Crippen molar-refractivity contribution < 1.29 is 13.9 Å². The summed E-state index contributed by atoms with van der Waals surface area (Å²) in [4.78, 5) is 35.2. The molecule has 2 aromatic carbocycles. The lowest BCUT2D eigenvalue weighted by Crippen LogP contribution is -2.40. The van der Waals surface area contributed by atoms with E-state index in [9.17, 15) is 9.59 Å². The van der Waals surface area contributed by atoms with Crippen LogP contribution < -0.4 is 29.8 Å². The molecular formula is C32H32N4O4S. The number of hydrogen-bond donors (Lipinski definition) is 1. The van der Waals surface area contributed by atoms with Crippen LogP contribution in [0.2, 0.25) is 0 Å². The molecule has 210 valence electrons. The third-order valence-electron chi connectivity index (χ3n) is 7.53. The minimum absolute atomic E-state index is 0.222. The SMILES string of the molecule is COc1ccc([C@H]2C(C(=O)Nc3ccccc3)=C(C)N=c3s/c(=C/c4ccc(N5CCCCCC5)o4)c(=O)n32)cc1. The first-order chi connectivity index (χ1) is 20.0. The van der Waals surface area contributed by atoms with Gasteiger partial charge >= 0.3 is 0 Å². The topological polar surface area (TPSA) is 89.1 Å². The molecule has 1 fully saturated rings. The molecule has 2 aromatic heterocycles. The van der Waals surface area contributed by atoms with Crippen LogP contribution in [0.25, 0.3) is 6.08 Å². The number of thiazole rings is 1. The van der Waals surface area contributed by atoms with E-state index in [1.54, 1.807) is 17.8 Å². The third-order valence-corrected chi connectivity index (χ3v) is 8.52. The third kappa shape index (κ3) is 5.50. The molecule has 4 aromatic rings. The van der Waals surface area contributed by atoms with Crippen molar-refractivity contribution in [3.63, 3.8) is 0 Å². The van der Waals surface area contributed by atoms with Crippen LogP contribution in [0.3, 0.4) is 0 Å². The van der Waals surface area contributed by atoms with Crippen LogP contribution in [-0.4, -0.2) is 30.7 Å². The quantitative estimate of drug-likeness (QED) is 0.359. The first kappa shape index (κ1) is 26.8. The van der Waals surface area contributed by atoms with E-state index in [4.69, 9.17) is 14.1 Å². The Hall–Kier alpha value is -4.37. The molecule has 1 saturated heterocycles. The Morgan fingerprint density at radius 1 is 1.02 bits per heavy atom. The van der Waals surface area contributed by atoms with Crippen molar-refractivity contribution >= 4 is 34.9 Å². The molecule has 0 unspecified atom stereocenters. The van der Waals surface area contributed by atoms with E-state index in [2.05, 4.69) is 10.2 Å². The number of nitrogens with zero attached hydrogens (tertiary/aromatic N) is 3. The monoisotopic (exact) mass is 568 g/mol. The first-order valence-corrected chi connectivity index (χ1v) is 14.7. The highest BCUT2D eigenvalue weighted by Gasteiger charge is 2.32. The summed E-state index contributed by atoms with van der Waals surface area (Å²) >= 11 is 1.30. The van der Waals surface area contributed by atoms with Gasteiger partial charge in [-0.15, -0.1) is 0 Å². The summed E-state index contributed by atoms with van der Waals surface area (Å²) in [7, 11) is 1.60. The minimum atomic E-state index is -0.660. The maximum atomic E-state index is 14.0. The molecule has 0 spiro atoms. The zero-order chi connectivity index (χ0) is 28.3. The number of nitrogens with one attached hydrogen (secondary N) is 1. The minimum Gasteiger partial charge on any atom is -0.497 e. The molecule has 4 heterocycles. The molecule has 2 aliphatic rings. The number of hydrogen-bond acceptors (Lipinski definition) is 7. The van der Waals surface area contributed by atoms with Crippen LogP contribution in [0.5, 0.6) is 5.75 Å². The smallest absolute Gasteiger partial charge is 0.271 e. The van der Waals surface area contributed by atoms with Crippen LogP contribution in [0.4, 0.5) is 11.6 Å². The predicted octanol–water partition coefficient (Wildman–Crippen LogP) is 4.86. The fraction of sp³-hybridized carbons (Fsp3) is 0.281. The molecule has 1 atom stereocenters. The summed E-state index contributed by atoms with van der Waals surface area (Å²) < 4.78 is 13.6.